The summed E-state index contributed by atoms with van der Waals surface area (Å²) >= 11 is 0. The van der Waals surface area contributed by atoms with Crippen LogP contribution in [0.5, 0.6) is 5.75 Å². The number of guanidine groups is 1. The van der Waals surface area contributed by atoms with E-state index in [1.807, 2.05) is 13.1 Å². The van der Waals surface area contributed by atoms with Crippen molar-refractivity contribution in [2.24, 2.45) is 10.9 Å². The molecule has 1 heterocycles. The Morgan fingerprint density at radius 1 is 1.14 bits per heavy atom. The first-order valence-electron chi connectivity index (χ1n) is 10.8. The molecule has 1 aromatic rings. The molecule has 164 valence electrons. The number of nitrogens with zero attached hydrogens (tertiary/aromatic N) is 3. The molecule has 7 heteroatoms. The van der Waals surface area contributed by atoms with Crippen molar-refractivity contribution in [2.45, 2.75) is 32.2 Å². The van der Waals surface area contributed by atoms with Crippen LogP contribution in [-0.4, -0.2) is 75.7 Å². The van der Waals surface area contributed by atoms with Crippen molar-refractivity contribution in [3.8, 4) is 5.75 Å². The van der Waals surface area contributed by atoms with E-state index in [1.54, 1.807) is 0 Å². The maximum atomic E-state index is 6.00. The van der Waals surface area contributed by atoms with Crippen molar-refractivity contribution >= 4 is 29.9 Å². The van der Waals surface area contributed by atoms with Gasteiger partial charge in [-0.25, -0.2) is 0 Å². The summed E-state index contributed by atoms with van der Waals surface area (Å²) in [7, 11) is 4.05. The molecule has 0 spiro atoms. The molecule has 2 aliphatic rings. The Morgan fingerprint density at radius 3 is 2.76 bits per heavy atom. The Bertz CT molecular complexity index is 623. The molecule has 29 heavy (non-hydrogen) atoms. The van der Waals surface area contributed by atoms with Crippen LogP contribution >= 0.6 is 24.0 Å². The van der Waals surface area contributed by atoms with Gasteiger partial charge in [-0.1, -0.05) is 18.2 Å². The predicted molar refractivity (Wildman–Crippen MR) is 131 cm³/mol. The largest absolute Gasteiger partial charge is 0.493 e. The quantitative estimate of drug-likeness (QED) is 0.229. The van der Waals surface area contributed by atoms with Crippen LogP contribution in [0.25, 0.3) is 0 Å². The lowest BCUT2D eigenvalue weighted by Crippen LogP contribution is -2.38. The summed E-state index contributed by atoms with van der Waals surface area (Å²) in [5.41, 5.74) is 1.18. The van der Waals surface area contributed by atoms with E-state index < -0.39 is 0 Å². The van der Waals surface area contributed by atoms with Crippen LogP contribution in [0.2, 0.25) is 0 Å². The number of likely N-dealkylation sites (N-methyl/N-ethyl adjacent to an activating group) is 1. The zero-order chi connectivity index (χ0) is 19.6. The number of hydrogen-bond donors (Lipinski definition) is 2. The Morgan fingerprint density at radius 2 is 1.97 bits per heavy atom. The van der Waals surface area contributed by atoms with Gasteiger partial charge >= 0.3 is 0 Å². The average molecular weight is 515 g/mol. The zero-order valence-corrected chi connectivity index (χ0v) is 20.4. The van der Waals surface area contributed by atoms with Crippen LogP contribution in [-0.2, 0) is 6.54 Å². The van der Waals surface area contributed by atoms with Gasteiger partial charge in [-0.3, -0.25) is 4.99 Å². The highest BCUT2D eigenvalue weighted by Crippen LogP contribution is 2.30. The van der Waals surface area contributed by atoms with Gasteiger partial charge in [0.1, 0.15) is 5.75 Å². The topological polar surface area (TPSA) is 52.1 Å². The van der Waals surface area contributed by atoms with Gasteiger partial charge in [0, 0.05) is 38.8 Å². The lowest BCUT2D eigenvalue weighted by Gasteiger charge is -2.20. The molecular formula is C22H38IN5O. The predicted octanol–water partition coefficient (Wildman–Crippen LogP) is 2.79. The van der Waals surface area contributed by atoms with Gasteiger partial charge in [0.05, 0.1) is 6.61 Å². The van der Waals surface area contributed by atoms with E-state index in [-0.39, 0.29) is 24.0 Å². The second-order valence-electron chi connectivity index (χ2n) is 8.07. The lowest BCUT2D eigenvalue weighted by molar-refractivity contribution is 0.274. The molecule has 6 nitrogen and oxygen atoms in total. The van der Waals surface area contributed by atoms with E-state index in [9.17, 15) is 0 Å². The number of aliphatic imine (C=N–C) groups is 1. The van der Waals surface area contributed by atoms with Crippen molar-refractivity contribution in [3.63, 3.8) is 0 Å². The molecule has 0 radical (unpaired) electrons. The van der Waals surface area contributed by atoms with Crippen molar-refractivity contribution in [1.82, 2.24) is 20.4 Å². The van der Waals surface area contributed by atoms with Gasteiger partial charge in [-0.05, 0) is 64.3 Å². The summed E-state index contributed by atoms with van der Waals surface area (Å²) in [6, 6.07) is 8.29. The Balaban J connectivity index is 0.00000300. The SMILES string of the molecule is CN=C(NCCCN1CCCN(C)CC1)NCc1ccccc1OCC1CC1.I. The molecule has 0 bridgehead atoms. The van der Waals surface area contributed by atoms with E-state index in [4.69, 9.17) is 4.74 Å². The first kappa shape index (κ1) is 24.2. The number of hydrogen-bond acceptors (Lipinski definition) is 4. The van der Waals surface area contributed by atoms with E-state index in [0.717, 1.165) is 50.3 Å². The standard InChI is InChI=1S/C22H37N5O.HI/c1-23-22(24-11-5-13-27-14-6-12-26(2)15-16-27)25-17-20-7-3-4-8-21(20)28-18-19-9-10-19;/h3-4,7-8,19H,5-6,9-18H2,1-2H3,(H2,23,24,25);1H. The Kier molecular flexibility index (Phi) is 11.1. The van der Waals surface area contributed by atoms with Crippen LogP contribution in [0.1, 0.15) is 31.2 Å². The molecule has 0 amide bonds. The van der Waals surface area contributed by atoms with Gasteiger partial charge in [-0.2, -0.15) is 0 Å². The number of ether oxygens (including phenoxy) is 1. The van der Waals surface area contributed by atoms with Gasteiger partial charge in [-0.15, -0.1) is 24.0 Å². The molecule has 1 saturated heterocycles. The fourth-order valence-corrected chi connectivity index (χ4v) is 3.52. The molecule has 0 aromatic heterocycles. The Labute approximate surface area is 193 Å². The lowest BCUT2D eigenvalue weighted by atomic mass is 10.2. The number of nitrogens with one attached hydrogen (secondary N) is 2. The molecule has 1 aliphatic carbocycles. The van der Waals surface area contributed by atoms with E-state index in [1.165, 1.54) is 51.0 Å². The maximum Gasteiger partial charge on any atom is 0.191 e. The molecule has 0 atom stereocenters. The Hall–Kier alpha value is -1.06. The fourth-order valence-electron chi connectivity index (χ4n) is 3.52. The zero-order valence-electron chi connectivity index (χ0n) is 18.0. The van der Waals surface area contributed by atoms with Gasteiger partial charge in [0.2, 0.25) is 0 Å². The fraction of sp³-hybridized carbons (Fsp3) is 0.682. The molecular weight excluding hydrogens is 477 g/mol. The summed E-state index contributed by atoms with van der Waals surface area (Å²) in [5, 5.41) is 6.87. The van der Waals surface area contributed by atoms with Crippen LogP contribution < -0.4 is 15.4 Å². The number of halogens is 1. The van der Waals surface area contributed by atoms with Crippen LogP contribution in [0.15, 0.2) is 29.3 Å². The first-order chi connectivity index (χ1) is 13.7. The third-order valence-corrected chi connectivity index (χ3v) is 5.57. The average Bonchev–Trinajstić information content (AvgIpc) is 3.55. The molecule has 2 fully saturated rings. The minimum absolute atomic E-state index is 0. The van der Waals surface area contributed by atoms with E-state index >= 15 is 0 Å². The van der Waals surface area contributed by atoms with Crippen molar-refractivity contribution in [2.75, 3.05) is 60.0 Å². The molecule has 1 saturated carbocycles. The third-order valence-electron chi connectivity index (χ3n) is 5.57. The molecule has 0 unspecified atom stereocenters. The van der Waals surface area contributed by atoms with E-state index in [2.05, 4.69) is 50.7 Å². The highest BCUT2D eigenvalue weighted by Gasteiger charge is 2.22. The van der Waals surface area contributed by atoms with Gasteiger partial charge in [0.25, 0.3) is 0 Å². The summed E-state index contributed by atoms with van der Waals surface area (Å²) in [4.78, 5) is 9.36. The monoisotopic (exact) mass is 515 g/mol. The van der Waals surface area contributed by atoms with Crippen molar-refractivity contribution in [1.29, 1.82) is 0 Å². The smallest absolute Gasteiger partial charge is 0.191 e. The second-order valence-corrected chi connectivity index (χ2v) is 8.07. The summed E-state index contributed by atoms with van der Waals surface area (Å²) in [6.45, 7) is 8.45. The van der Waals surface area contributed by atoms with E-state index in [0.29, 0.717) is 0 Å². The van der Waals surface area contributed by atoms with Gasteiger partial charge in [0.15, 0.2) is 5.96 Å². The molecule has 1 aliphatic heterocycles. The summed E-state index contributed by atoms with van der Waals surface area (Å²) in [5.74, 6) is 2.61. The van der Waals surface area contributed by atoms with Crippen molar-refractivity contribution < 1.29 is 4.74 Å². The highest BCUT2D eigenvalue weighted by molar-refractivity contribution is 14.0. The number of para-hydroxylation sites is 1. The molecule has 2 N–H and O–H groups in total. The third kappa shape index (κ3) is 9.09. The maximum absolute atomic E-state index is 6.00. The summed E-state index contributed by atoms with van der Waals surface area (Å²) in [6.07, 6.45) is 5.02. The van der Waals surface area contributed by atoms with Crippen LogP contribution in [0.3, 0.4) is 0 Å². The second kappa shape index (κ2) is 13.3. The minimum atomic E-state index is 0. The first-order valence-corrected chi connectivity index (χ1v) is 10.8. The minimum Gasteiger partial charge on any atom is -0.493 e. The normalized spacial score (nSPS) is 18.6. The van der Waals surface area contributed by atoms with Crippen molar-refractivity contribution in [3.05, 3.63) is 29.8 Å². The molecule has 1 aromatic carbocycles. The molecule has 3 rings (SSSR count). The highest BCUT2D eigenvalue weighted by atomic mass is 127. The van der Waals surface area contributed by atoms with Gasteiger partial charge < -0.3 is 25.2 Å². The number of rotatable bonds is 9. The van der Waals surface area contributed by atoms with Crippen LogP contribution in [0.4, 0.5) is 0 Å². The van der Waals surface area contributed by atoms with Crippen LogP contribution in [0, 0.1) is 5.92 Å². The number of benzene rings is 1. The summed E-state index contributed by atoms with van der Waals surface area (Å²) < 4.78 is 6.00.